The average Bonchev–Trinajstić information content (AvgIpc) is 3.21. The van der Waals surface area contributed by atoms with Crippen LogP contribution in [-0.4, -0.2) is 48.5 Å². The summed E-state index contributed by atoms with van der Waals surface area (Å²) in [5.41, 5.74) is 2.23. The maximum absolute atomic E-state index is 13.0. The van der Waals surface area contributed by atoms with Gasteiger partial charge in [-0.25, -0.2) is 0 Å². The first kappa shape index (κ1) is 17.2. The smallest absolute Gasteiger partial charge is 0.229 e. The largest absolute Gasteiger partial charge is 0.355 e. The van der Waals surface area contributed by atoms with Crippen molar-refractivity contribution < 1.29 is 4.79 Å². The summed E-state index contributed by atoms with van der Waals surface area (Å²) in [5.74, 6) is 0.601. The molecule has 2 aliphatic rings. The Morgan fingerprint density at radius 1 is 1.19 bits per heavy atom. The zero-order chi connectivity index (χ0) is 17.8. The highest BCUT2D eigenvalue weighted by molar-refractivity contribution is 5.84. The fourth-order valence-corrected chi connectivity index (χ4v) is 4.35. The van der Waals surface area contributed by atoms with Crippen LogP contribution in [0.25, 0.3) is 0 Å². The van der Waals surface area contributed by atoms with Crippen molar-refractivity contribution in [2.75, 3.05) is 32.7 Å². The van der Waals surface area contributed by atoms with E-state index in [1.54, 1.807) is 12.4 Å². The highest BCUT2D eigenvalue weighted by atomic mass is 16.2. The molecule has 0 spiro atoms. The summed E-state index contributed by atoms with van der Waals surface area (Å²) in [7, 11) is 0. The summed E-state index contributed by atoms with van der Waals surface area (Å²) in [6.07, 6.45) is 4.44. The molecule has 2 fully saturated rings. The maximum Gasteiger partial charge on any atom is 0.229 e. The van der Waals surface area contributed by atoms with Crippen LogP contribution in [0, 0.1) is 11.3 Å². The van der Waals surface area contributed by atoms with E-state index in [9.17, 15) is 4.79 Å². The number of hydrogen-bond acceptors (Lipinski definition) is 4. The van der Waals surface area contributed by atoms with E-state index in [1.165, 1.54) is 11.1 Å². The van der Waals surface area contributed by atoms with Gasteiger partial charge in [0, 0.05) is 57.6 Å². The fraction of sp³-hybridized carbons (Fsp3) is 0.429. The summed E-state index contributed by atoms with van der Waals surface area (Å²) < 4.78 is 0. The van der Waals surface area contributed by atoms with E-state index in [4.69, 9.17) is 0 Å². The predicted octanol–water partition coefficient (Wildman–Crippen LogP) is 1.46. The third kappa shape index (κ3) is 3.50. The van der Waals surface area contributed by atoms with Gasteiger partial charge in [-0.1, -0.05) is 30.3 Å². The number of rotatable bonds is 6. The molecular formula is C21H26N4O. The van der Waals surface area contributed by atoms with Crippen molar-refractivity contribution in [3.63, 3.8) is 0 Å². The second-order valence-corrected chi connectivity index (χ2v) is 7.50. The number of pyridine rings is 1. The number of nitrogens with one attached hydrogen (secondary N) is 2. The van der Waals surface area contributed by atoms with E-state index >= 15 is 0 Å². The molecule has 1 amide bonds. The summed E-state index contributed by atoms with van der Waals surface area (Å²) in [5, 5.41) is 6.64. The molecule has 0 saturated carbocycles. The number of benzene rings is 1. The number of aromatic nitrogens is 1. The van der Waals surface area contributed by atoms with Gasteiger partial charge >= 0.3 is 0 Å². The standard InChI is InChI=1S/C21H26N4O/c26-20(24-11-8-17-6-9-22-10-7-17)21-15-23-12-19(21)14-25(16-21)13-18-4-2-1-3-5-18/h1-7,9-10,19,23H,8,11-16H2,(H,24,26)/t19-,21-/m1/s1. The predicted molar refractivity (Wildman–Crippen MR) is 101 cm³/mol. The highest BCUT2D eigenvalue weighted by Gasteiger charge is 2.54. The number of nitrogens with zero attached hydrogens (tertiary/aromatic N) is 2. The van der Waals surface area contributed by atoms with Crippen LogP contribution in [0.5, 0.6) is 0 Å². The molecule has 0 radical (unpaired) electrons. The molecule has 2 atom stereocenters. The Morgan fingerprint density at radius 3 is 2.81 bits per heavy atom. The second kappa shape index (κ2) is 7.56. The van der Waals surface area contributed by atoms with Crippen LogP contribution in [0.2, 0.25) is 0 Å². The van der Waals surface area contributed by atoms with Crippen molar-refractivity contribution in [1.82, 2.24) is 20.5 Å². The van der Waals surface area contributed by atoms with Crippen LogP contribution in [0.1, 0.15) is 11.1 Å². The van der Waals surface area contributed by atoms with Crippen LogP contribution >= 0.6 is 0 Å². The van der Waals surface area contributed by atoms with E-state index in [1.807, 2.05) is 18.2 Å². The minimum atomic E-state index is -0.285. The van der Waals surface area contributed by atoms with Gasteiger partial charge in [0.15, 0.2) is 0 Å². The van der Waals surface area contributed by atoms with Gasteiger partial charge in [0.1, 0.15) is 0 Å². The number of likely N-dealkylation sites (tertiary alicyclic amines) is 1. The quantitative estimate of drug-likeness (QED) is 0.828. The Bertz CT molecular complexity index is 736. The van der Waals surface area contributed by atoms with Gasteiger partial charge < -0.3 is 10.6 Å². The van der Waals surface area contributed by atoms with Gasteiger partial charge in [-0.05, 0) is 29.7 Å². The number of carbonyl (C=O) groups is 1. The van der Waals surface area contributed by atoms with E-state index in [0.717, 1.165) is 39.1 Å². The van der Waals surface area contributed by atoms with Gasteiger partial charge in [-0.2, -0.15) is 0 Å². The number of fused-ring (bicyclic) bond motifs is 1. The van der Waals surface area contributed by atoms with Crippen molar-refractivity contribution in [1.29, 1.82) is 0 Å². The lowest BCUT2D eigenvalue weighted by Gasteiger charge is -2.27. The molecule has 0 aliphatic carbocycles. The molecule has 1 aromatic carbocycles. The number of hydrogen-bond donors (Lipinski definition) is 2. The van der Waals surface area contributed by atoms with E-state index in [2.05, 4.69) is 44.8 Å². The molecule has 5 heteroatoms. The van der Waals surface area contributed by atoms with E-state index in [-0.39, 0.29) is 11.3 Å². The summed E-state index contributed by atoms with van der Waals surface area (Å²) in [4.78, 5) is 19.5. The first-order valence-electron chi connectivity index (χ1n) is 9.40. The van der Waals surface area contributed by atoms with Crippen molar-refractivity contribution in [3.8, 4) is 0 Å². The van der Waals surface area contributed by atoms with Crippen molar-refractivity contribution in [3.05, 3.63) is 66.0 Å². The van der Waals surface area contributed by atoms with Crippen LogP contribution in [0.3, 0.4) is 0 Å². The Labute approximate surface area is 154 Å². The summed E-state index contributed by atoms with van der Waals surface area (Å²) >= 11 is 0. The number of amides is 1. The van der Waals surface area contributed by atoms with Crippen LogP contribution < -0.4 is 10.6 Å². The molecule has 2 aromatic rings. The van der Waals surface area contributed by atoms with Gasteiger partial charge in [0.25, 0.3) is 0 Å². The minimum Gasteiger partial charge on any atom is -0.355 e. The molecule has 0 bridgehead atoms. The van der Waals surface area contributed by atoms with Crippen molar-refractivity contribution in [2.24, 2.45) is 11.3 Å². The molecule has 136 valence electrons. The first-order valence-corrected chi connectivity index (χ1v) is 9.40. The SMILES string of the molecule is O=C(NCCc1ccncc1)[C@@]12CNC[C@@H]1CN(Cc1ccccc1)C2. The lowest BCUT2D eigenvalue weighted by molar-refractivity contribution is -0.130. The van der Waals surface area contributed by atoms with Crippen LogP contribution in [0.4, 0.5) is 0 Å². The van der Waals surface area contributed by atoms with E-state index in [0.29, 0.717) is 12.5 Å². The number of carbonyl (C=O) groups excluding carboxylic acids is 1. The van der Waals surface area contributed by atoms with Gasteiger partial charge in [-0.3, -0.25) is 14.7 Å². The third-order valence-corrected chi connectivity index (χ3v) is 5.75. The molecule has 2 saturated heterocycles. The molecule has 4 rings (SSSR count). The molecule has 0 unspecified atom stereocenters. The summed E-state index contributed by atoms with van der Waals surface area (Å²) in [6, 6.07) is 14.5. The minimum absolute atomic E-state index is 0.206. The fourth-order valence-electron chi connectivity index (χ4n) is 4.35. The Morgan fingerprint density at radius 2 is 2.00 bits per heavy atom. The van der Waals surface area contributed by atoms with Crippen molar-refractivity contribution in [2.45, 2.75) is 13.0 Å². The van der Waals surface area contributed by atoms with Crippen LogP contribution in [0.15, 0.2) is 54.9 Å². The Balaban J connectivity index is 1.36. The van der Waals surface area contributed by atoms with Crippen LogP contribution in [-0.2, 0) is 17.8 Å². The maximum atomic E-state index is 13.0. The molecule has 26 heavy (non-hydrogen) atoms. The zero-order valence-electron chi connectivity index (χ0n) is 15.0. The molecule has 5 nitrogen and oxygen atoms in total. The lowest BCUT2D eigenvalue weighted by Crippen LogP contribution is -2.47. The zero-order valence-corrected chi connectivity index (χ0v) is 15.0. The normalized spacial score (nSPS) is 25.2. The van der Waals surface area contributed by atoms with Gasteiger partial charge in [0.2, 0.25) is 5.91 Å². The molecule has 1 aromatic heterocycles. The Hall–Kier alpha value is -2.24. The van der Waals surface area contributed by atoms with Gasteiger partial charge in [0.05, 0.1) is 5.41 Å². The van der Waals surface area contributed by atoms with E-state index < -0.39 is 0 Å². The van der Waals surface area contributed by atoms with Crippen molar-refractivity contribution >= 4 is 5.91 Å². The molecule has 2 aliphatic heterocycles. The molecule has 3 heterocycles. The topological polar surface area (TPSA) is 57.3 Å². The molecular weight excluding hydrogens is 324 g/mol. The molecule has 2 N–H and O–H groups in total. The first-order chi connectivity index (χ1) is 12.8. The summed E-state index contributed by atoms with van der Waals surface area (Å²) in [6.45, 7) is 5.13. The lowest BCUT2D eigenvalue weighted by atomic mass is 9.80. The van der Waals surface area contributed by atoms with Gasteiger partial charge in [-0.15, -0.1) is 0 Å². The monoisotopic (exact) mass is 350 g/mol. The average molecular weight is 350 g/mol. The third-order valence-electron chi connectivity index (χ3n) is 5.75. The highest BCUT2D eigenvalue weighted by Crippen LogP contribution is 2.39. The second-order valence-electron chi connectivity index (χ2n) is 7.50. The Kier molecular flexibility index (Phi) is 5.00.